The maximum atomic E-state index is 10.9. The van der Waals surface area contributed by atoms with E-state index in [9.17, 15) is 9.67 Å². The molecule has 6 aromatic rings. The first-order valence-corrected chi connectivity index (χ1v) is 13.5. The third-order valence-corrected chi connectivity index (χ3v) is 7.13. The number of phosphoric ester groups is 1. The molecule has 0 radical (unpaired) electrons. The standard InChI is InChI=1S/C28H24N3O6P/c32-15-23(37-38(33,34)35)17-36-16-18-4-6-19(7-5-18)25-14-31(30-29-25)26-13-11-22-9-8-20-2-1-3-21-10-12-24(26)28(22)27(20)21/h1-14,23,32H,15-17H2,(H2,33,34,35)/t23-/m1/s1. The predicted molar refractivity (Wildman–Crippen MR) is 144 cm³/mol. The Morgan fingerprint density at radius 2 is 1.55 bits per heavy atom. The van der Waals surface area contributed by atoms with Gasteiger partial charge >= 0.3 is 7.82 Å². The first-order chi connectivity index (χ1) is 18.4. The zero-order valence-corrected chi connectivity index (χ0v) is 21.0. The number of phosphoric acid groups is 1. The van der Waals surface area contributed by atoms with E-state index >= 15 is 0 Å². The van der Waals surface area contributed by atoms with Gasteiger partial charge in [-0.1, -0.05) is 78.0 Å². The van der Waals surface area contributed by atoms with Gasteiger partial charge in [-0.25, -0.2) is 9.25 Å². The summed E-state index contributed by atoms with van der Waals surface area (Å²) in [5.74, 6) is 0. The molecule has 9 nitrogen and oxygen atoms in total. The summed E-state index contributed by atoms with van der Waals surface area (Å²) in [5.41, 5.74) is 3.41. The molecule has 0 bridgehead atoms. The molecule has 0 unspecified atom stereocenters. The molecular formula is C28H24N3O6P. The van der Waals surface area contributed by atoms with Crippen molar-refractivity contribution in [2.45, 2.75) is 12.7 Å². The lowest BCUT2D eigenvalue weighted by Gasteiger charge is -2.15. The van der Waals surface area contributed by atoms with Gasteiger partial charge in [-0.15, -0.1) is 5.10 Å². The van der Waals surface area contributed by atoms with Gasteiger partial charge in [0.05, 0.1) is 31.7 Å². The van der Waals surface area contributed by atoms with Crippen molar-refractivity contribution in [3.8, 4) is 16.9 Å². The van der Waals surface area contributed by atoms with Crippen molar-refractivity contribution in [2.24, 2.45) is 0 Å². The van der Waals surface area contributed by atoms with Crippen molar-refractivity contribution in [1.82, 2.24) is 15.0 Å². The number of ether oxygens (including phenoxy) is 1. The molecule has 0 saturated carbocycles. The second-order valence-electron chi connectivity index (χ2n) is 9.10. The fraction of sp³-hybridized carbons (Fsp3) is 0.143. The van der Waals surface area contributed by atoms with Gasteiger partial charge in [0.25, 0.3) is 0 Å². The van der Waals surface area contributed by atoms with Crippen molar-refractivity contribution in [3.05, 3.63) is 90.6 Å². The number of aromatic nitrogens is 3. The van der Waals surface area contributed by atoms with E-state index in [1.165, 1.54) is 26.9 Å². The highest BCUT2D eigenvalue weighted by molar-refractivity contribution is 7.46. The average Bonchev–Trinajstić information content (AvgIpc) is 3.41. The van der Waals surface area contributed by atoms with Gasteiger partial charge in [0.1, 0.15) is 11.8 Å². The summed E-state index contributed by atoms with van der Waals surface area (Å²) in [6.45, 7) is -0.528. The Morgan fingerprint density at radius 3 is 2.26 bits per heavy atom. The highest BCUT2D eigenvalue weighted by Crippen LogP contribution is 2.38. The zero-order valence-electron chi connectivity index (χ0n) is 20.1. The van der Waals surface area contributed by atoms with Gasteiger partial charge in [0.15, 0.2) is 0 Å². The predicted octanol–water partition coefficient (Wildman–Crippen LogP) is 4.82. The molecule has 192 valence electrons. The average molecular weight is 529 g/mol. The van der Waals surface area contributed by atoms with Crippen LogP contribution < -0.4 is 0 Å². The summed E-state index contributed by atoms with van der Waals surface area (Å²) < 4.78 is 22.7. The van der Waals surface area contributed by atoms with Gasteiger partial charge < -0.3 is 19.6 Å². The Labute approximate surface area is 217 Å². The molecule has 0 saturated heterocycles. The van der Waals surface area contributed by atoms with Crippen molar-refractivity contribution in [1.29, 1.82) is 0 Å². The third kappa shape index (κ3) is 4.79. The lowest BCUT2D eigenvalue weighted by atomic mass is 9.93. The third-order valence-electron chi connectivity index (χ3n) is 6.56. The molecule has 0 aliphatic heterocycles. The van der Waals surface area contributed by atoms with Crippen LogP contribution in [0.3, 0.4) is 0 Å². The molecule has 3 N–H and O–H groups in total. The molecule has 1 atom stereocenters. The largest absolute Gasteiger partial charge is 0.470 e. The summed E-state index contributed by atoms with van der Waals surface area (Å²) in [6, 6.07) is 26.7. The number of hydrogen-bond donors (Lipinski definition) is 3. The zero-order chi connectivity index (χ0) is 26.3. The molecule has 0 aliphatic rings. The van der Waals surface area contributed by atoms with Gasteiger partial charge in [0, 0.05) is 10.9 Å². The Kier molecular flexibility index (Phi) is 6.41. The number of nitrogens with zero attached hydrogens (tertiary/aromatic N) is 3. The van der Waals surface area contributed by atoms with Crippen LogP contribution in [0.5, 0.6) is 0 Å². The first kappa shape index (κ1) is 24.6. The normalized spacial score (nSPS) is 13.1. The van der Waals surface area contributed by atoms with Crippen molar-refractivity contribution < 1.29 is 28.7 Å². The second-order valence-corrected chi connectivity index (χ2v) is 10.3. The topological polar surface area (TPSA) is 127 Å². The lowest BCUT2D eigenvalue weighted by molar-refractivity contribution is -0.000657. The molecule has 5 aromatic carbocycles. The first-order valence-electron chi connectivity index (χ1n) is 12.0. The molecule has 10 heteroatoms. The monoisotopic (exact) mass is 529 g/mol. The minimum absolute atomic E-state index is 0.156. The molecule has 0 aliphatic carbocycles. The summed E-state index contributed by atoms with van der Waals surface area (Å²) in [7, 11) is -4.70. The minimum atomic E-state index is -4.70. The molecule has 0 amide bonds. The van der Waals surface area contributed by atoms with Crippen LogP contribution in [0, 0.1) is 0 Å². The Hall–Kier alpha value is -3.69. The Bertz CT molecular complexity index is 1760. The summed E-state index contributed by atoms with van der Waals surface area (Å²) in [4.78, 5) is 17.8. The van der Waals surface area contributed by atoms with E-state index in [1.807, 2.05) is 30.5 Å². The van der Waals surface area contributed by atoms with Crippen molar-refractivity contribution in [2.75, 3.05) is 13.2 Å². The van der Waals surface area contributed by atoms with Crippen LogP contribution in [-0.4, -0.2) is 49.2 Å². The molecule has 0 spiro atoms. The molecule has 6 rings (SSSR count). The highest BCUT2D eigenvalue weighted by Gasteiger charge is 2.22. The van der Waals surface area contributed by atoms with Crippen LogP contribution in [0.1, 0.15) is 5.56 Å². The quantitative estimate of drug-likeness (QED) is 0.180. The minimum Gasteiger partial charge on any atom is -0.394 e. The van der Waals surface area contributed by atoms with Crippen LogP contribution in [0.4, 0.5) is 0 Å². The number of aliphatic hydroxyl groups is 1. The maximum absolute atomic E-state index is 10.9. The van der Waals surface area contributed by atoms with Gasteiger partial charge in [0.2, 0.25) is 0 Å². The second kappa shape index (κ2) is 9.89. The number of benzene rings is 5. The van der Waals surface area contributed by atoms with E-state index in [0.717, 1.165) is 27.9 Å². The van der Waals surface area contributed by atoms with Crippen LogP contribution in [0.25, 0.3) is 49.3 Å². The summed E-state index contributed by atoms with van der Waals surface area (Å²) >= 11 is 0. The van der Waals surface area contributed by atoms with Gasteiger partial charge in [-0.2, -0.15) is 0 Å². The number of aliphatic hydroxyl groups excluding tert-OH is 1. The Balaban J connectivity index is 1.22. The summed E-state index contributed by atoms with van der Waals surface area (Å²) in [6.07, 6.45) is 0.799. The smallest absolute Gasteiger partial charge is 0.394 e. The fourth-order valence-corrected chi connectivity index (χ4v) is 5.34. The molecule has 38 heavy (non-hydrogen) atoms. The molecule has 0 fully saturated rings. The van der Waals surface area contributed by atoms with Gasteiger partial charge in [-0.3, -0.25) is 4.52 Å². The van der Waals surface area contributed by atoms with E-state index < -0.39 is 20.5 Å². The van der Waals surface area contributed by atoms with E-state index in [0.29, 0.717) is 0 Å². The fourth-order valence-electron chi connectivity index (χ4n) is 4.82. The van der Waals surface area contributed by atoms with E-state index in [-0.39, 0.29) is 13.2 Å². The van der Waals surface area contributed by atoms with E-state index in [2.05, 4.69) is 69.4 Å². The van der Waals surface area contributed by atoms with E-state index in [1.54, 1.807) is 4.68 Å². The van der Waals surface area contributed by atoms with Crippen LogP contribution in [0.15, 0.2) is 85.1 Å². The van der Waals surface area contributed by atoms with Crippen molar-refractivity contribution in [3.63, 3.8) is 0 Å². The maximum Gasteiger partial charge on any atom is 0.470 e. The van der Waals surface area contributed by atoms with Crippen molar-refractivity contribution >= 4 is 40.1 Å². The van der Waals surface area contributed by atoms with Gasteiger partial charge in [-0.05, 0) is 38.6 Å². The molecule has 1 aromatic heterocycles. The van der Waals surface area contributed by atoms with Crippen LogP contribution in [-0.2, 0) is 20.4 Å². The Morgan fingerprint density at radius 1 is 0.868 bits per heavy atom. The molecule has 1 heterocycles. The highest BCUT2D eigenvalue weighted by atomic mass is 31.2. The summed E-state index contributed by atoms with van der Waals surface area (Å²) in [5, 5.41) is 25.2. The number of hydrogen-bond acceptors (Lipinski definition) is 6. The van der Waals surface area contributed by atoms with E-state index in [4.69, 9.17) is 14.5 Å². The molecular weight excluding hydrogens is 505 g/mol. The number of rotatable bonds is 9. The van der Waals surface area contributed by atoms with Crippen LogP contribution >= 0.6 is 7.82 Å². The SMILES string of the molecule is O=P(O)(O)O[C@H](CO)COCc1ccc(-c2cn(-c3ccc4ccc5cccc6ccc3c4c56)nn2)cc1. The lowest BCUT2D eigenvalue weighted by Crippen LogP contribution is -2.22. The van der Waals surface area contributed by atoms with Crippen LogP contribution in [0.2, 0.25) is 0 Å².